The molecule has 9 heteroatoms. The third-order valence-corrected chi connectivity index (χ3v) is 3.92. The van der Waals surface area contributed by atoms with Crippen LogP contribution in [0.1, 0.15) is 14.5 Å². The zero-order chi connectivity index (χ0) is 18.4. The maximum Gasteiger partial charge on any atom is 0.325 e. The van der Waals surface area contributed by atoms with Crippen molar-refractivity contribution < 1.29 is 27.9 Å². The molecule has 0 aliphatic carbocycles. The molecule has 2 amide bonds. The highest BCUT2D eigenvalue weighted by Gasteiger charge is 2.13. The van der Waals surface area contributed by atoms with Crippen molar-refractivity contribution in [1.29, 1.82) is 0 Å². The van der Waals surface area contributed by atoms with Crippen molar-refractivity contribution in [3.05, 3.63) is 51.7 Å². The minimum Gasteiger partial charge on any atom is -0.454 e. The highest BCUT2D eigenvalue weighted by Crippen LogP contribution is 2.15. The topological polar surface area (TPSA) is 84.5 Å². The Labute approximate surface area is 145 Å². The first-order chi connectivity index (χ1) is 11.8. The summed E-state index contributed by atoms with van der Waals surface area (Å²) in [6.07, 6.45) is 0. The molecule has 0 saturated heterocycles. The molecule has 0 radical (unpaired) electrons. The number of nitrogens with one attached hydrogen (secondary N) is 2. The third-order valence-electron chi connectivity index (χ3n) is 2.92. The van der Waals surface area contributed by atoms with E-state index in [-0.39, 0.29) is 5.69 Å². The van der Waals surface area contributed by atoms with Crippen LogP contribution in [0.4, 0.5) is 14.5 Å². The Morgan fingerprint density at radius 3 is 2.60 bits per heavy atom. The van der Waals surface area contributed by atoms with E-state index in [4.69, 9.17) is 0 Å². The Bertz CT molecular complexity index is 807. The fraction of sp³-hybridized carbons (Fsp3) is 0.188. The van der Waals surface area contributed by atoms with Gasteiger partial charge in [0, 0.05) is 10.9 Å². The van der Waals surface area contributed by atoms with Crippen molar-refractivity contribution in [2.24, 2.45) is 0 Å². The van der Waals surface area contributed by atoms with Crippen LogP contribution in [0.25, 0.3) is 0 Å². The monoisotopic (exact) mass is 368 g/mol. The van der Waals surface area contributed by atoms with E-state index in [0.717, 1.165) is 23.1 Å². The summed E-state index contributed by atoms with van der Waals surface area (Å²) in [5, 5.41) is 4.44. The lowest BCUT2D eigenvalue weighted by molar-refractivity contribution is -0.146. The molecule has 0 aliphatic rings. The summed E-state index contributed by atoms with van der Waals surface area (Å²) in [6.45, 7) is 0.732. The van der Waals surface area contributed by atoms with Crippen LogP contribution in [-0.4, -0.2) is 30.9 Å². The van der Waals surface area contributed by atoms with Crippen LogP contribution in [0.5, 0.6) is 0 Å². The van der Waals surface area contributed by atoms with Crippen LogP contribution in [-0.2, 0) is 14.3 Å². The highest BCUT2D eigenvalue weighted by atomic mass is 32.1. The first kappa shape index (κ1) is 18.5. The van der Waals surface area contributed by atoms with E-state index in [2.05, 4.69) is 15.4 Å². The molecular formula is C16H14F2N2O4S. The summed E-state index contributed by atoms with van der Waals surface area (Å²) in [4.78, 5) is 36.2. The maximum atomic E-state index is 13.4. The first-order valence-electron chi connectivity index (χ1n) is 7.10. The van der Waals surface area contributed by atoms with Crippen LogP contribution in [0.2, 0.25) is 0 Å². The van der Waals surface area contributed by atoms with Gasteiger partial charge in [0.25, 0.3) is 11.8 Å². The number of thiophene rings is 1. The van der Waals surface area contributed by atoms with Crippen molar-refractivity contribution in [2.45, 2.75) is 6.92 Å². The number of ether oxygens (including phenoxy) is 1. The highest BCUT2D eigenvalue weighted by molar-refractivity contribution is 7.13. The molecule has 2 rings (SSSR count). The molecule has 1 aromatic carbocycles. The number of carbonyl (C=O) groups is 3. The molecule has 0 fully saturated rings. The molecule has 25 heavy (non-hydrogen) atoms. The molecule has 6 nitrogen and oxygen atoms in total. The Morgan fingerprint density at radius 1 is 1.16 bits per heavy atom. The first-order valence-corrected chi connectivity index (χ1v) is 7.92. The number of halogens is 2. The van der Waals surface area contributed by atoms with Gasteiger partial charge in [-0.2, -0.15) is 0 Å². The Kier molecular flexibility index (Phi) is 6.18. The van der Waals surface area contributed by atoms with Gasteiger partial charge in [0.2, 0.25) is 0 Å². The molecule has 0 aliphatic heterocycles. The Balaban J connectivity index is 1.75. The normalized spacial score (nSPS) is 10.2. The summed E-state index contributed by atoms with van der Waals surface area (Å²) >= 11 is 1.28. The molecule has 0 saturated carbocycles. The number of hydrogen-bond donors (Lipinski definition) is 2. The average Bonchev–Trinajstić information content (AvgIpc) is 3.00. The molecule has 0 unspecified atom stereocenters. The lowest BCUT2D eigenvalue weighted by Gasteiger charge is -2.08. The SMILES string of the molecule is Cc1ccc(C(=O)NCC(=O)OCC(=O)Nc2cc(F)ccc2F)s1. The molecule has 0 spiro atoms. The lowest BCUT2D eigenvalue weighted by atomic mass is 10.3. The molecule has 0 atom stereocenters. The van der Waals surface area contributed by atoms with Crippen molar-refractivity contribution in [3.63, 3.8) is 0 Å². The van der Waals surface area contributed by atoms with Crippen molar-refractivity contribution in [1.82, 2.24) is 5.32 Å². The van der Waals surface area contributed by atoms with Gasteiger partial charge in [0.05, 0.1) is 10.6 Å². The molecule has 2 aromatic rings. The van der Waals surface area contributed by atoms with Gasteiger partial charge in [0.15, 0.2) is 6.61 Å². The minimum atomic E-state index is -0.837. The largest absolute Gasteiger partial charge is 0.454 e. The smallest absolute Gasteiger partial charge is 0.325 e. The molecule has 132 valence electrons. The van der Waals surface area contributed by atoms with Crippen LogP contribution in [0, 0.1) is 18.6 Å². The number of amides is 2. The second-order valence-corrected chi connectivity index (χ2v) is 6.21. The summed E-state index contributed by atoms with van der Waals surface area (Å²) in [7, 11) is 0. The predicted molar refractivity (Wildman–Crippen MR) is 87.3 cm³/mol. The standard InChI is InChI=1S/C16H14F2N2O4S/c1-9-2-5-13(25-9)16(23)19-7-15(22)24-8-14(21)20-12-6-10(17)3-4-11(12)18/h2-6H,7-8H2,1H3,(H,19,23)(H,20,21). The van der Waals surface area contributed by atoms with Gasteiger partial charge in [-0.25, -0.2) is 8.78 Å². The van der Waals surface area contributed by atoms with Gasteiger partial charge in [-0.3, -0.25) is 14.4 Å². The Morgan fingerprint density at radius 2 is 1.92 bits per heavy atom. The van der Waals surface area contributed by atoms with Crippen LogP contribution in [0.15, 0.2) is 30.3 Å². The fourth-order valence-corrected chi connectivity index (χ4v) is 2.56. The van der Waals surface area contributed by atoms with Gasteiger partial charge in [0.1, 0.15) is 18.2 Å². The summed E-state index contributed by atoms with van der Waals surface area (Å²) in [5.41, 5.74) is -0.359. The van der Waals surface area contributed by atoms with E-state index in [1.54, 1.807) is 12.1 Å². The van der Waals surface area contributed by atoms with Gasteiger partial charge in [-0.1, -0.05) is 0 Å². The summed E-state index contributed by atoms with van der Waals surface area (Å²) in [5.74, 6) is -3.64. The number of anilines is 1. The quantitative estimate of drug-likeness (QED) is 0.766. The predicted octanol–water partition coefficient (Wildman–Crippen LogP) is 2.25. The minimum absolute atomic E-state index is 0.359. The van der Waals surface area contributed by atoms with Gasteiger partial charge in [-0.05, 0) is 31.2 Å². The number of aryl methyl sites for hydroxylation is 1. The summed E-state index contributed by atoms with van der Waals surface area (Å²) in [6, 6.07) is 5.97. The van der Waals surface area contributed by atoms with Crippen molar-refractivity contribution >= 4 is 34.8 Å². The molecule has 1 heterocycles. The van der Waals surface area contributed by atoms with E-state index >= 15 is 0 Å². The van der Waals surface area contributed by atoms with Gasteiger partial charge in [-0.15, -0.1) is 11.3 Å². The second-order valence-electron chi connectivity index (χ2n) is 4.93. The molecule has 2 N–H and O–H groups in total. The average molecular weight is 368 g/mol. The number of rotatable bonds is 6. The zero-order valence-corrected chi connectivity index (χ0v) is 13.9. The second kappa shape index (κ2) is 8.34. The molecule has 0 bridgehead atoms. The maximum absolute atomic E-state index is 13.4. The van der Waals surface area contributed by atoms with Gasteiger partial charge >= 0.3 is 5.97 Å². The molecule has 1 aromatic heterocycles. The molecular weight excluding hydrogens is 354 g/mol. The number of esters is 1. The number of hydrogen-bond acceptors (Lipinski definition) is 5. The van der Waals surface area contributed by atoms with E-state index in [1.165, 1.54) is 11.3 Å². The Hall–Kier alpha value is -2.81. The number of benzene rings is 1. The van der Waals surface area contributed by atoms with Crippen LogP contribution in [0.3, 0.4) is 0 Å². The fourth-order valence-electron chi connectivity index (χ4n) is 1.77. The van der Waals surface area contributed by atoms with Crippen LogP contribution >= 0.6 is 11.3 Å². The lowest BCUT2D eigenvalue weighted by Crippen LogP contribution is -2.31. The van der Waals surface area contributed by atoms with Crippen molar-refractivity contribution in [3.8, 4) is 0 Å². The van der Waals surface area contributed by atoms with E-state index in [9.17, 15) is 23.2 Å². The van der Waals surface area contributed by atoms with Crippen molar-refractivity contribution in [2.75, 3.05) is 18.5 Å². The van der Waals surface area contributed by atoms with E-state index in [0.29, 0.717) is 4.88 Å². The summed E-state index contributed by atoms with van der Waals surface area (Å²) < 4.78 is 31.0. The number of carbonyl (C=O) groups excluding carboxylic acids is 3. The van der Waals surface area contributed by atoms with E-state index < -0.39 is 42.6 Å². The third kappa shape index (κ3) is 5.64. The van der Waals surface area contributed by atoms with Gasteiger partial charge < -0.3 is 15.4 Å². The zero-order valence-electron chi connectivity index (χ0n) is 13.1. The van der Waals surface area contributed by atoms with Crippen LogP contribution < -0.4 is 10.6 Å². The van der Waals surface area contributed by atoms with E-state index in [1.807, 2.05) is 6.92 Å².